The Morgan fingerprint density at radius 3 is 1.77 bits per heavy atom. The van der Waals surface area contributed by atoms with Crippen molar-refractivity contribution in [1.29, 1.82) is 0 Å². The molecule has 0 aliphatic rings. The van der Waals surface area contributed by atoms with Gasteiger partial charge in [0, 0.05) is 6.07 Å². The van der Waals surface area contributed by atoms with Crippen LogP contribution in [0.5, 0.6) is 0 Å². The van der Waals surface area contributed by atoms with E-state index in [-0.39, 0.29) is 12.4 Å². The van der Waals surface area contributed by atoms with Crippen molar-refractivity contribution >= 4 is 23.2 Å². The van der Waals surface area contributed by atoms with Crippen molar-refractivity contribution in [2.45, 2.75) is 18.3 Å². The Balaban J connectivity index is 2.61. The monoisotopic (exact) mass is 426 g/mol. The van der Waals surface area contributed by atoms with Crippen LogP contribution in [0.25, 0.3) is 5.69 Å². The summed E-state index contributed by atoms with van der Waals surface area (Å²) in [5.74, 6) is -5.40. The summed E-state index contributed by atoms with van der Waals surface area (Å²) in [6.07, 6.45) is -10.5. The first-order valence-electron chi connectivity index (χ1n) is 6.26. The number of hydrogen-bond donors (Lipinski definition) is 0. The van der Waals surface area contributed by atoms with Gasteiger partial charge in [-0.1, -0.05) is 23.2 Å². The first-order chi connectivity index (χ1) is 11.7. The molecule has 0 aliphatic heterocycles. The van der Waals surface area contributed by atoms with Crippen LogP contribution in [0.3, 0.4) is 0 Å². The average Bonchev–Trinajstić information content (AvgIpc) is 2.45. The van der Waals surface area contributed by atoms with Crippen LogP contribution in [0.15, 0.2) is 29.3 Å². The van der Waals surface area contributed by atoms with E-state index in [9.17, 15) is 39.9 Å². The highest BCUT2D eigenvalue weighted by Gasteiger charge is 2.60. The topological polar surface area (TPSA) is 34.9 Å². The maximum absolute atomic E-state index is 13.2. The lowest BCUT2D eigenvalue weighted by atomic mass is 10.2. The van der Waals surface area contributed by atoms with E-state index in [0.717, 1.165) is 0 Å². The lowest BCUT2D eigenvalue weighted by molar-refractivity contribution is -0.291. The molecule has 2 aromatic rings. The van der Waals surface area contributed by atoms with Gasteiger partial charge in [-0.15, -0.1) is 0 Å². The Kier molecular flexibility index (Phi) is 5.01. The molecule has 0 saturated carbocycles. The molecule has 1 aromatic heterocycles. The second-order valence-corrected chi connectivity index (χ2v) is 5.66. The third-order valence-corrected chi connectivity index (χ3v) is 3.65. The Bertz CT molecular complexity index is 881. The fourth-order valence-electron chi connectivity index (χ4n) is 1.84. The van der Waals surface area contributed by atoms with Gasteiger partial charge in [0.15, 0.2) is 0 Å². The summed E-state index contributed by atoms with van der Waals surface area (Å²) in [4.78, 5) is 14.7. The van der Waals surface area contributed by atoms with Gasteiger partial charge in [-0.25, -0.2) is 4.98 Å². The molecular formula is C13H4Cl2F8N2O. The highest BCUT2D eigenvalue weighted by molar-refractivity contribution is 6.37. The molecule has 0 aliphatic carbocycles. The van der Waals surface area contributed by atoms with Crippen LogP contribution < -0.4 is 5.56 Å². The largest absolute Gasteiger partial charge is 0.459 e. The summed E-state index contributed by atoms with van der Waals surface area (Å²) in [5.41, 5.74) is -5.15. The molecule has 0 saturated heterocycles. The number of rotatable bonds is 2. The Morgan fingerprint density at radius 1 is 0.885 bits per heavy atom. The molecule has 0 spiro atoms. The van der Waals surface area contributed by atoms with Gasteiger partial charge in [-0.3, -0.25) is 9.36 Å². The summed E-state index contributed by atoms with van der Waals surface area (Å²) in [6, 6.07) is 0.707. The van der Waals surface area contributed by atoms with Gasteiger partial charge in [-0.2, -0.15) is 35.1 Å². The van der Waals surface area contributed by atoms with E-state index in [1.165, 1.54) is 0 Å². The zero-order valence-electron chi connectivity index (χ0n) is 11.9. The molecule has 26 heavy (non-hydrogen) atoms. The molecule has 0 atom stereocenters. The van der Waals surface area contributed by atoms with E-state index >= 15 is 0 Å². The fourth-order valence-corrected chi connectivity index (χ4v) is 2.51. The van der Waals surface area contributed by atoms with Crippen LogP contribution in [-0.2, 0) is 12.1 Å². The molecule has 0 unspecified atom stereocenters. The van der Waals surface area contributed by atoms with E-state index in [1.807, 2.05) is 0 Å². The molecule has 0 amide bonds. The fraction of sp³-hybridized carbons (Fsp3) is 0.231. The average molecular weight is 427 g/mol. The second kappa shape index (κ2) is 6.38. The summed E-state index contributed by atoms with van der Waals surface area (Å²) in [7, 11) is 0. The normalized spacial score (nSPS) is 13.2. The number of alkyl halides is 8. The minimum Gasteiger partial charge on any atom is -0.269 e. The van der Waals surface area contributed by atoms with Gasteiger partial charge in [0.05, 0.1) is 21.3 Å². The van der Waals surface area contributed by atoms with Crippen molar-refractivity contribution in [3.05, 3.63) is 56.2 Å². The number of benzene rings is 1. The molecule has 2 rings (SSSR count). The van der Waals surface area contributed by atoms with Crippen LogP contribution in [-0.4, -0.2) is 15.7 Å². The Morgan fingerprint density at radius 2 is 1.38 bits per heavy atom. The van der Waals surface area contributed by atoms with Gasteiger partial charge in [0.1, 0.15) is 12.0 Å². The lowest BCUT2D eigenvalue weighted by Crippen LogP contribution is -2.36. The third-order valence-electron chi connectivity index (χ3n) is 3.07. The molecule has 0 radical (unpaired) electrons. The molecule has 0 N–H and O–H groups in total. The van der Waals surface area contributed by atoms with Crippen molar-refractivity contribution in [3.63, 3.8) is 0 Å². The minimum absolute atomic E-state index is 0.113. The summed E-state index contributed by atoms with van der Waals surface area (Å²) in [5, 5.41) is -1.38. The van der Waals surface area contributed by atoms with Gasteiger partial charge < -0.3 is 0 Å². The number of aromatic nitrogens is 2. The maximum atomic E-state index is 13.2. The van der Waals surface area contributed by atoms with Crippen molar-refractivity contribution in [2.24, 2.45) is 0 Å². The first kappa shape index (κ1) is 20.4. The molecule has 0 fully saturated rings. The molecule has 0 bridgehead atoms. The predicted molar refractivity (Wildman–Crippen MR) is 74.8 cm³/mol. The third kappa shape index (κ3) is 3.63. The van der Waals surface area contributed by atoms with Crippen LogP contribution in [0, 0.1) is 0 Å². The summed E-state index contributed by atoms with van der Waals surface area (Å²) >= 11 is 11.3. The Labute approximate surface area is 148 Å². The highest BCUT2D eigenvalue weighted by atomic mass is 35.5. The zero-order chi connectivity index (χ0) is 20.1. The minimum atomic E-state index is -6.00. The molecule has 1 heterocycles. The maximum Gasteiger partial charge on any atom is 0.459 e. The quantitative estimate of drug-likeness (QED) is 0.617. The van der Waals surface area contributed by atoms with Gasteiger partial charge >= 0.3 is 18.3 Å². The van der Waals surface area contributed by atoms with Crippen LogP contribution in [0.2, 0.25) is 10.0 Å². The van der Waals surface area contributed by atoms with Crippen LogP contribution >= 0.6 is 23.2 Å². The SMILES string of the molecule is O=c1cc(C(F)(F)C(F)(F)F)ncn1-c1c(Cl)cc(C(F)(F)F)cc1Cl. The molecular weight excluding hydrogens is 423 g/mol. The molecule has 142 valence electrons. The first-order valence-corrected chi connectivity index (χ1v) is 7.02. The molecule has 13 heteroatoms. The molecule has 3 nitrogen and oxygen atoms in total. The van der Waals surface area contributed by atoms with Gasteiger partial charge in [-0.05, 0) is 12.1 Å². The highest BCUT2D eigenvalue weighted by Crippen LogP contribution is 2.42. The van der Waals surface area contributed by atoms with Crippen molar-refractivity contribution in [3.8, 4) is 5.69 Å². The smallest absolute Gasteiger partial charge is 0.269 e. The number of nitrogens with zero attached hydrogens (tertiary/aromatic N) is 2. The van der Waals surface area contributed by atoms with Crippen LogP contribution in [0.1, 0.15) is 11.3 Å². The number of hydrogen-bond acceptors (Lipinski definition) is 2. The standard InChI is InChI=1S/C13H4Cl2F8N2O/c14-6-1-5(12(18,19)20)2-7(15)10(6)25-4-24-8(3-9(25)26)11(16,17)13(21,22)23/h1-4H. The van der Waals surface area contributed by atoms with E-state index in [4.69, 9.17) is 23.2 Å². The van der Waals surface area contributed by atoms with E-state index in [1.54, 1.807) is 0 Å². The lowest BCUT2D eigenvalue weighted by Gasteiger charge is -2.19. The Hall–Kier alpha value is -1.88. The van der Waals surface area contributed by atoms with Gasteiger partial charge in [0.2, 0.25) is 0 Å². The van der Waals surface area contributed by atoms with E-state index in [0.29, 0.717) is 16.7 Å². The zero-order valence-corrected chi connectivity index (χ0v) is 13.4. The second-order valence-electron chi connectivity index (χ2n) is 4.84. The summed E-state index contributed by atoms with van der Waals surface area (Å²) in [6.45, 7) is 0. The van der Waals surface area contributed by atoms with Crippen molar-refractivity contribution < 1.29 is 35.1 Å². The predicted octanol–water partition coefficient (Wildman–Crippen LogP) is 5.21. The molecule has 1 aromatic carbocycles. The van der Waals surface area contributed by atoms with Gasteiger partial charge in [0.25, 0.3) is 5.56 Å². The number of halogens is 10. The van der Waals surface area contributed by atoms with Crippen molar-refractivity contribution in [2.75, 3.05) is 0 Å². The van der Waals surface area contributed by atoms with E-state index in [2.05, 4.69) is 4.98 Å². The van der Waals surface area contributed by atoms with E-state index < -0.39 is 50.8 Å². The summed E-state index contributed by atoms with van der Waals surface area (Å²) < 4.78 is 102. The van der Waals surface area contributed by atoms with Crippen LogP contribution in [0.4, 0.5) is 35.1 Å². The van der Waals surface area contributed by atoms with Crippen molar-refractivity contribution in [1.82, 2.24) is 9.55 Å².